The van der Waals surface area contributed by atoms with Crippen LogP contribution in [0.2, 0.25) is 0 Å². The zero-order valence-corrected chi connectivity index (χ0v) is 12.1. The number of nitrogen functional groups attached to an aromatic ring is 1. The number of benzene rings is 1. The van der Waals surface area contributed by atoms with E-state index in [2.05, 4.69) is 10.1 Å². The molecule has 130 valence electrons. The van der Waals surface area contributed by atoms with E-state index in [1.807, 2.05) is 0 Å². The van der Waals surface area contributed by atoms with Gasteiger partial charge in [0.05, 0.1) is 17.4 Å². The van der Waals surface area contributed by atoms with Gasteiger partial charge >= 0.3 is 12.4 Å². The highest BCUT2D eigenvalue weighted by Crippen LogP contribution is 2.46. The Labute approximate surface area is 132 Å². The lowest BCUT2D eigenvalue weighted by Crippen LogP contribution is -2.36. The maximum Gasteiger partial charge on any atom is 0.416 e. The minimum Gasteiger partial charge on any atom is -0.366 e. The lowest BCUT2D eigenvalue weighted by atomic mass is 9.80. The summed E-state index contributed by atoms with van der Waals surface area (Å²) in [4.78, 5) is 3.85. The fourth-order valence-corrected chi connectivity index (χ4v) is 2.99. The first-order valence-electron chi connectivity index (χ1n) is 7.01. The molecule has 2 heterocycles. The van der Waals surface area contributed by atoms with Crippen molar-refractivity contribution in [2.45, 2.75) is 31.2 Å². The van der Waals surface area contributed by atoms with Crippen LogP contribution in [0, 0.1) is 5.92 Å². The third kappa shape index (κ3) is 2.92. The quantitative estimate of drug-likeness (QED) is 0.800. The molecule has 0 bridgehead atoms. The Morgan fingerprint density at radius 2 is 1.67 bits per heavy atom. The van der Waals surface area contributed by atoms with Crippen molar-refractivity contribution >= 4 is 5.95 Å². The number of halogens is 6. The Balaban J connectivity index is 2.07. The monoisotopic (exact) mass is 350 g/mol. The lowest BCUT2D eigenvalue weighted by molar-refractivity contribution is -0.184. The summed E-state index contributed by atoms with van der Waals surface area (Å²) in [6.07, 6.45) is -9.32. The normalized spacial score (nSPS) is 21.6. The van der Waals surface area contributed by atoms with Crippen LogP contribution in [0.5, 0.6) is 0 Å². The smallest absolute Gasteiger partial charge is 0.366 e. The molecule has 0 fully saturated rings. The van der Waals surface area contributed by atoms with Gasteiger partial charge in [-0.15, -0.1) is 5.10 Å². The van der Waals surface area contributed by atoms with Gasteiger partial charge in [0.1, 0.15) is 5.82 Å². The first-order chi connectivity index (χ1) is 11.1. The molecule has 0 radical (unpaired) electrons. The number of fused-ring (bicyclic) bond motifs is 1. The van der Waals surface area contributed by atoms with Crippen molar-refractivity contribution in [1.29, 1.82) is 0 Å². The van der Waals surface area contributed by atoms with Gasteiger partial charge in [0.15, 0.2) is 0 Å². The second-order valence-corrected chi connectivity index (χ2v) is 5.59. The summed E-state index contributed by atoms with van der Waals surface area (Å²) >= 11 is 0. The zero-order chi connectivity index (χ0) is 17.7. The predicted molar refractivity (Wildman–Crippen MR) is 71.9 cm³/mol. The fraction of sp³-hybridized carbons (Fsp3) is 0.429. The molecule has 0 saturated carbocycles. The van der Waals surface area contributed by atoms with Crippen LogP contribution in [0.3, 0.4) is 0 Å². The Hall–Kier alpha value is -2.26. The highest BCUT2D eigenvalue weighted by molar-refractivity contribution is 5.33. The van der Waals surface area contributed by atoms with E-state index in [1.165, 1.54) is 4.68 Å². The molecule has 3 rings (SSSR count). The lowest BCUT2D eigenvalue weighted by Gasteiger charge is -2.32. The summed E-state index contributed by atoms with van der Waals surface area (Å²) in [5.74, 6) is -3.15. The summed E-state index contributed by atoms with van der Waals surface area (Å²) in [6.45, 7) is 0.000838. The van der Waals surface area contributed by atoms with Crippen LogP contribution in [0.4, 0.5) is 32.3 Å². The highest BCUT2D eigenvalue weighted by atomic mass is 19.4. The van der Waals surface area contributed by atoms with Crippen LogP contribution >= 0.6 is 0 Å². The minimum absolute atomic E-state index is 0.000838. The molecule has 2 unspecified atom stereocenters. The summed E-state index contributed by atoms with van der Waals surface area (Å²) in [5.41, 5.74) is 4.63. The molecule has 0 spiro atoms. The standard InChI is InChI=1S/C14H12F6N4/c15-13(16,17)8-3-1-7(2-4-8)10-9(14(18,19)20)5-6-24-11(10)22-12(21)23-24/h1-4,9-10H,5-6H2,(H2,21,23). The molecule has 10 heteroatoms. The van der Waals surface area contributed by atoms with E-state index in [0.29, 0.717) is 0 Å². The van der Waals surface area contributed by atoms with Gasteiger partial charge in [-0.05, 0) is 24.1 Å². The molecule has 0 saturated heterocycles. The average Bonchev–Trinajstić information content (AvgIpc) is 2.84. The van der Waals surface area contributed by atoms with Crippen molar-refractivity contribution < 1.29 is 26.3 Å². The van der Waals surface area contributed by atoms with E-state index >= 15 is 0 Å². The van der Waals surface area contributed by atoms with Crippen LogP contribution in [-0.2, 0) is 12.7 Å². The number of aromatic nitrogens is 3. The van der Waals surface area contributed by atoms with Crippen LogP contribution in [-0.4, -0.2) is 20.9 Å². The van der Waals surface area contributed by atoms with Gasteiger partial charge in [0.25, 0.3) is 0 Å². The van der Waals surface area contributed by atoms with E-state index in [4.69, 9.17) is 5.73 Å². The SMILES string of the molecule is Nc1nc2n(n1)CCC(C(F)(F)F)C2c1ccc(C(F)(F)F)cc1. The largest absolute Gasteiger partial charge is 0.416 e. The van der Waals surface area contributed by atoms with E-state index in [-0.39, 0.29) is 30.3 Å². The molecular weight excluding hydrogens is 338 g/mol. The number of rotatable bonds is 1. The van der Waals surface area contributed by atoms with Gasteiger partial charge in [-0.1, -0.05) is 12.1 Å². The third-order valence-corrected chi connectivity index (χ3v) is 4.07. The molecule has 1 aliphatic heterocycles. The minimum atomic E-state index is -4.56. The Bertz CT molecular complexity index is 731. The number of nitrogens with zero attached hydrogens (tertiary/aromatic N) is 3. The summed E-state index contributed by atoms with van der Waals surface area (Å²) < 4.78 is 79.4. The second-order valence-electron chi connectivity index (χ2n) is 5.59. The molecule has 1 aromatic heterocycles. The van der Waals surface area contributed by atoms with Crippen LogP contribution in [0.1, 0.15) is 29.3 Å². The molecular formula is C14H12F6N4. The fourth-order valence-electron chi connectivity index (χ4n) is 2.99. The van der Waals surface area contributed by atoms with Crippen molar-refractivity contribution in [3.05, 3.63) is 41.2 Å². The molecule has 24 heavy (non-hydrogen) atoms. The number of hydrogen-bond donors (Lipinski definition) is 1. The van der Waals surface area contributed by atoms with Gasteiger partial charge in [-0.3, -0.25) is 0 Å². The molecule has 2 aromatic rings. The van der Waals surface area contributed by atoms with Crippen molar-refractivity contribution in [3.63, 3.8) is 0 Å². The van der Waals surface area contributed by atoms with Crippen molar-refractivity contribution in [2.75, 3.05) is 5.73 Å². The molecule has 4 nitrogen and oxygen atoms in total. The summed E-state index contributed by atoms with van der Waals surface area (Å²) in [6, 6.07) is 3.63. The van der Waals surface area contributed by atoms with Crippen molar-refractivity contribution in [2.24, 2.45) is 5.92 Å². The zero-order valence-electron chi connectivity index (χ0n) is 12.1. The summed E-state index contributed by atoms with van der Waals surface area (Å²) in [5, 5.41) is 3.84. The van der Waals surface area contributed by atoms with Crippen molar-refractivity contribution in [3.8, 4) is 0 Å². The van der Waals surface area contributed by atoms with Gasteiger partial charge in [0.2, 0.25) is 5.95 Å². The van der Waals surface area contributed by atoms with E-state index in [9.17, 15) is 26.3 Å². The Morgan fingerprint density at radius 3 is 2.21 bits per heavy atom. The van der Waals surface area contributed by atoms with Gasteiger partial charge in [-0.2, -0.15) is 31.3 Å². The van der Waals surface area contributed by atoms with Crippen LogP contribution in [0.15, 0.2) is 24.3 Å². The predicted octanol–water partition coefficient (Wildman–Crippen LogP) is 3.59. The highest BCUT2D eigenvalue weighted by Gasteiger charge is 2.49. The molecule has 0 amide bonds. The van der Waals surface area contributed by atoms with E-state index in [1.54, 1.807) is 0 Å². The maximum absolute atomic E-state index is 13.4. The number of aryl methyl sites for hydroxylation is 1. The van der Waals surface area contributed by atoms with E-state index in [0.717, 1.165) is 24.3 Å². The number of nitrogens with two attached hydrogens (primary N) is 1. The Morgan fingerprint density at radius 1 is 1.04 bits per heavy atom. The van der Waals surface area contributed by atoms with Crippen LogP contribution < -0.4 is 5.73 Å². The second kappa shape index (κ2) is 5.38. The molecule has 1 aromatic carbocycles. The molecule has 1 aliphatic rings. The molecule has 0 aliphatic carbocycles. The van der Waals surface area contributed by atoms with Crippen LogP contribution in [0.25, 0.3) is 0 Å². The summed E-state index contributed by atoms with van der Waals surface area (Å²) in [7, 11) is 0. The van der Waals surface area contributed by atoms with Gasteiger partial charge < -0.3 is 5.73 Å². The topological polar surface area (TPSA) is 56.7 Å². The Kier molecular flexibility index (Phi) is 3.72. The van der Waals surface area contributed by atoms with E-state index < -0.39 is 29.8 Å². The number of anilines is 1. The molecule has 2 N–H and O–H groups in total. The maximum atomic E-state index is 13.4. The average molecular weight is 350 g/mol. The van der Waals surface area contributed by atoms with Gasteiger partial charge in [-0.25, -0.2) is 4.68 Å². The number of hydrogen-bond acceptors (Lipinski definition) is 3. The van der Waals surface area contributed by atoms with Crippen molar-refractivity contribution in [1.82, 2.24) is 14.8 Å². The first-order valence-corrected chi connectivity index (χ1v) is 7.01. The number of alkyl halides is 6. The van der Waals surface area contributed by atoms with Gasteiger partial charge in [0, 0.05) is 6.54 Å². The third-order valence-electron chi connectivity index (χ3n) is 4.07. The first kappa shape index (κ1) is 16.6. The molecule has 2 atom stereocenters.